The molecule has 0 radical (unpaired) electrons. The zero-order valence-electron chi connectivity index (χ0n) is 13.9. The first kappa shape index (κ1) is 18.2. The monoisotopic (exact) mass is 342 g/mol. The molecule has 7 heteroatoms. The highest BCUT2D eigenvalue weighted by atomic mass is 35.5. The van der Waals surface area contributed by atoms with Crippen molar-refractivity contribution in [3.05, 3.63) is 17.0 Å². The van der Waals surface area contributed by atoms with Gasteiger partial charge in [-0.15, -0.1) is 12.4 Å². The van der Waals surface area contributed by atoms with Crippen molar-refractivity contribution in [2.45, 2.75) is 45.8 Å². The van der Waals surface area contributed by atoms with Crippen LogP contribution in [0.25, 0.3) is 0 Å². The van der Waals surface area contributed by atoms with E-state index in [-0.39, 0.29) is 18.3 Å². The Labute approximate surface area is 143 Å². The summed E-state index contributed by atoms with van der Waals surface area (Å²) in [5, 5.41) is 10.6. The van der Waals surface area contributed by atoms with Gasteiger partial charge in [-0.3, -0.25) is 9.89 Å². The molecule has 1 fully saturated rings. The fourth-order valence-corrected chi connectivity index (χ4v) is 3.11. The van der Waals surface area contributed by atoms with Crippen LogP contribution in [0.4, 0.5) is 0 Å². The lowest BCUT2D eigenvalue weighted by Gasteiger charge is -2.32. The molecule has 1 saturated heterocycles. The fourth-order valence-electron chi connectivity index (χ4n) is 3.11. The van der Waals surface area contributed by atoms with E-state index in [9.17, 15) is 4.79 Å². The number of carbonyl (C=O) groups excluding carboxylic acids is 1. The second-order valence-electron chi connectivity index (χ2n) is 6.67. The summed E-state index contributed by atoms with van der Waals surface area (Å²) < 4.78 is 5.88. The van der Waals surface area contributed by atoms with Gasteiger partial charge in [0, 0.05) is 50.5 Å². The van der Waals surface area contributed by atoms with Gasteiger partial charge < -0.3 is 15.0 Å². The fraction of sp³-hybridized carbons (Fsp3) is 0.750. The number of nitrogens with one attached hydrogen (secondary N) is 2. The van der Waals surface area contributed by atoms with Crippen molar-refractivity contribution in [2.75, 3.05) is 26.2 Å². The van der Waals surface area contributed by atoms with Crippen LogP contribution in [-0.4, -0.2) is 53.3 Å². The standard InChI is InChI=1S/C16H26N4O2.ClH/c1-11(2)10-22-12-4-7-20(8-5-12)16(21)15-13-9-17-6-3-14(13)18-19-15;/h11-12,17H,3-10H2,1-2H3,(H,18,19);1H. The highest BCUT2D eigenvalue weighted by Gasteiger charge is 2.28. The van der Waals surface area contributed by atoms with E-state index >= 15 is 0 Å². The third-order valence-electron chi connectivity index (χ3n) is 4.40. The van der Waals surface area contributed by atoms with Crippen LogP contribution in [-0.2, 0) is 17.7 Å². The SMILES string of the molecule is CC(C)COC1CCN(C(=O)c2n[nH]c3c2CNCC3)CC1.Cl. The predicted molar refractivity (Wildman–Crippen MR) is 91.0 cm³/mol. The number of H-pyrrole nitrogens is 1. The number of piperidine rings is 1. The molecule has 3 heterocycles. The van der Waals surface area contributed by atoms with E-state index in [0.29, 0.717) is 17.7 Å². The van der Waals surface area contributed by atoms with Crippen molar-refractivity contribution in [3.63, 3.8) is 0 Å². The number of nitrogens with zero attached hydrogens (tertiary/aromatic N) is 2. The van der Waals surface area contributed by atoms with Gasteiger partial charge in [0.15, 0.2) is 5.69 Å². The summed E-state index contributed by atoms with van der Waals surface area (Å²) in [6.07, 6.45) is 3.05. The maximum Gasteiger partial charge on any atom is 0.274 e. The summed E-state index contributed by atoms with van der Waals surface area (Å²) in [5.74, 6) is 0.617. The van der Waals surface area contributed by atoms with Crippen molar-refractivity contribution < 1.29 is 9.53 Å². The molecular formula is C16H27ClN4O2. The van der Waals surface area contributed by atoms with Gasteiger partial charge in [0.25, 0.3) is 5.91 Å². The quantitative estimate of drug-likeness (QED) is 0.874. The van der Waals surface area contributed by atoms with E-state index in [1.807, 2.05) is 4.90 Å². The number of likely N-dealkylation sites (tertiary alicyclic amines) is 1. The predicted octanol–water partition coefficient (Wildman–Crippen LogP) is 1.75. The summed E-state index contributed by atoms with van der Waals surface area (Å²) in [6, 6.07) is 0. The molecule has 130 valence electrons. The van der Waals surface area contributed by atoms with Crippen LogP contribution in [0.3, 0.4) is 0 Å². The number of aromatic nitrogens is 2. The lowest BCUT2D eigenvalue weighted by molar-refractivity contribution is -0.00245. The highest BCUT2D eigenvalue weighted by Crippen LogP contribution is 2.20. The molecular weight excluding hydrogens is 316 g/mol. The van der Waals surface area contributed by atoms with Crippen molar-refractivity contribution >= 4 is 18.3 Å². The van der Waals surface area contributed by atoms with Gasteiger partial charge in [0.2, 0.25) is 0 Å². The molecule has 0 aromatic carbocycles. The van der Waals surface area contributed by atoms with Gasteiger partial charge in [-0.1, -0.05) is 13.8 Å². The number of amides is 1. The number of hydrogen-bond donors (Lipinski definition) is 2. The molecule has 23 heavy (non-hydrogen) atoms. The van der Waals surface area contributed by atoms with E-state index in [4.69, 9.17) is 4.74 Å². The van der Waals surface area contributed by atoms with Crippen LogP contribution in [0.15, 0.2) is 0 Å². The lowest BCUT2D eigenvalue weighted by atomic mass is 10.0. The second-order valence-corrected chi connectivity index (χ2v) is 6.67. The van der Waals surface area contributed by atoms with Crippen LogP contribution < -0.4 is 5.32 Å². The number of aromatic amines is 1. The molecule has 0 spiro atoms. The van der Waals surface area contributed by atoms with Crippen molar-refractivity contribution in [1.29, 1.82) is 0 Å². The van der Waals surface area contributed by atoms with Crippen molar-refractivity contribution in [1.82, 2.24) is 20.4 Å². The van der Waals surface area contributed by atoms with Crippen LogP contribution in [0, 0.1) is 5.92 Å². The zero-order valence-corrected chi connectivity index (χ0v) is 14.7. The summed E-state index contributed by atoms with van der Waals surface area (Å²) in [7, 11) is 0. The van der Waals surface area contributed by atoms with E-state index in [1.165, 1.54) is 0 Å². The number of fused-ring (bicyclic) bond motifs is 1. The third kappa shape index (κ3) is 4.25. The highest BCUT2D eigenvalue weighted by molar-refractivity contribution is 5.94. The minimum Gasteiger partial charge on any atom is -0.378 e. The van der Waals surface area contributed by atoms with E-state index < -0.39 is 0 Å². The topological polar surface area (TPSA) is 70.2 Å². The molecule has 0 unspecified atom stereocenters. The first-order chi connectivity index (χ1) is 10.6. The number of carbonyl (C=O) groups is 1. The van der Waals surface area contributed by atoms with Crippen LogP contribution in [0.5, 0.6) is 0 Å². The van der Waals surface area contributed by atoms with Gasteiger partial charge in [-0.25, -0.2) is 0 Å². The average Bonchev–Trinajstić information content (AvgIpc) is 2.97. The zero-order chi connectivity index (χ0) is 15.5. The molecule has 2 aliphatic rings. The minimum atomic E-state index is 0. The molecule has 1 aromatic heterocycles. The van der Waals surface area contributed by atoms with Crippen LogP contribution >= 0.6 is 12.4 Å². The van der Waals surface area contributed by atoms with Crippen LogP contribution in [0.2, 0.25) is 0 Å². The summed E-state index contributed by atoms with van der Waals surface area (Å²) in [4.78, 5) is 14.6. The summed E-state index contributed by atoms with van der Waals surface area (Å²) in [5.41, 5.74) is 2.76. The Bertz CT molecular complexity index is 524. The molecule has 2 aliphatic heterocycles. The molecule has 1 amide bonds. The van der Waals surface area contributed by atoms with Gasteiger partial charge >= 0.3 is 0 Å². The van der Waals surface area contributed by atoms with Gasteiger partial charge in [-0.2, -0.15) is 5.10 Å². The first-order valence-corrected chi connectivity index (χ1v) is 8.33. The molecule has 0 bridgehead atoms. The normalized spacial score (nSPS) is 18.7. The van der Waals surface area contributed by atoms with Crippen LogP contribution in [0.1, 0.15) is 48.4 Å². The Kier molecular flexibility index (Phi) is 6.44. The van der Waals surface area contributed by atoms with E-state index in [2.05, 4.69) is 29.4 Å². The van der Waals surface area contributed by atoms with Crippen molar-refractivity contribution in [2.24, 2.45) is 5.92 Å². The Hall–Kier alpha value is -1.11. The average molecular weight is 343 g/mol. The summed E-state index contributed by atoms with van der Waals surface area (Å²) >= 11 is 0. The number of rotatable bonds is 4. The minimum absolute atomic E-state index is 0. The Morgan fingerprint density at radius 1 is 1.39 bits per heavy atom. The van der Waals surface area contributed by atoms with E-state index in [1.54, 1.807) is 0 Å². The Morgan fingerprint density at radius 2 is 2.13 bits per heavy atom. The number of ether oxygens (including phenoxy) is 1. The molecule has 0 saturated carbocycles. The Balaban J connectivity index is 0.00000192. The summed E-state index contributed by atoms with van der Waals surface area (Å²) in [6.45, 7) is 8.33. The van der Waals surface area contributed by atoms with Gasteiger partial charge in [0.05, 0.1) is 6.10 Å². The van der Waals surface area contributed by atoms with Gasteiger partial charge in [-0.05, 0) is 18.8 Å². The lowest BCUT2D eigenvalue weighted by Crippen LogP contribution is -2.41. The smallest absolute Gasteiger partial charge is 0.274 e. The maximum absolute atomic E-state index is 12.7. The second kappa shape index (κ2) is 8.13. The molecule has 0 atom stereocenters. The number of hydrogen-bond acceptors (Lipinski definition) is 4. The molecule has 3 rings (SSSR count). The largest absolute Gasteiger partial charge is 0.378 e. The molecule has 2 N–H and O–H groups in total. The molecule has 1 aromatic rings. The Morgan fingerprint density at radius 3 is 2.83 bits per heavy atom. The first-order valence-electron chi connectivity index (χ1n) is 8.33. The van der Waals surface area contributed by atoms with E-state index in [0.717, 1.165) is 63.3 Å². The molecule has 0 aliphatic carbocycles. The molecule has 6 nitrogen and oxygen atoms in total. The van der Waals surface area contributed by atoms with Crippen molar-refractivity contribution in [3.8, 4) is 0 Å². The van der Waals surface area contributed by atoms with Gasteiger partial charge in [0.1, 0.15) is 0 Å². The number of halogens is 1. The third-order valence-corrected chi connectivity index (χ3v) is 4.40. The maximum atomic E-state index is 12.7.